The molecule has 1 fully saturated rings. The Morgan fingerprint density at radius 3 is 2.61 bits per heavy atom. The molecule has 98 valence electrons. The summed E-state index contributed by atoms with van der Waals surface area (Å²) in [4.78, 5) is 13.7. The third kappa shape index (κ3) is 2.48. The first-order valence-electron chi connectivity index (χ1n) is 6.20. The molecular formula is C14H19NO3. The normalized spacial score (nSPS) is 21.2. The van der Waals surface area contributed by atoms with Crippen molar-refractivity contribution in [3.63, 3.8) is 0 Å². The Kier molecular flexibility index (Phi) is 3.87. The number of hydrogen-bond acceptors (Lipinski definition) is 3. The number of aliphatic hydroxyl groups excluding tert-OH is 1. The molecule has 1 aliphatic heterocycles. The number of amides is 1. The average Bonchev–Trinajstić information content (AvgIpc) is 2.79. The van der Waals surface area contributed by atoms with E-state index in [1.807, 2.05) is 36.1 Å². The minimum absolute atomic E-state index is 0.0416. The van der Waals surface area contributed by atoms with Crippen molar-refractivity contribution >= 4 is 5.91 Å². The van der Waals surface area contributed by atoms with Gasteiger partial charge in [0, 0.05) is 25.5 Å². The van der Waals surface area contributed by atoms with E-state index in [4.69, 9.17) is 9.84 Å². The Morgan fingerprint density at radius 1 is 1.44 bits per heavy atom. The number of ether oxygens (including phenoxy) is 1. The molecule has 2 atom stereocenters. The fraction of sp³-hybridized carbons (Fsp3) is 0.500. The Bertz CT molecular complexity index is 416. The molecule has 0 radical (unpaired) electrons. The van der Waals surface area contributed by atoms with Crippen LogP contribution >= 0.6 is 0 Å². The number of likely N-dealkylation sites (tertiary alicyclic amines) is 1. The van der Waals surface area contributed by atoms with Crippen LogP contribution in [0.3, 0.4) is 0 Å². The maximum absolute atomic E-state index is 11.9. The molecule has 2 rings (SSSR count). The summed E-state index contributed by atoms with van der Waals surface area (Å²) < 4.78 is 5.12. The van der Waals surface area contributed by atoms with Gasteiger partial charge in [0.1, 0.15) is 5.75 Å². The lowest BCUT2D eigenvalue weighted by atomic mass is 10.1. The highest BCUT2D eigenvalue weighted by Crippen LogP contribution is 2.29. The molecule has 4 heteroatoms. The van der Waals surface area contributed by atoms with Crippen LogP contribution in [-0.2, 0) is 4.79 Å². The van der Waals surface area contributed by atoms with Gasteiger partial charge in [-0.1, -0.05) is 12.1 Å². The van der Waals surface area contributed by atoms with Gasteiger partial charge in [-0.15, -0.1) is 0 Å². The summed E-state index contributed by atoms with van der Waals surface area (Å²) in [7, 11) is 1.63. The monoisotopic (exact) mass is 249 g/mol. The Morgan fingerprint density at radius 2 is 2.11 bits per heavy atom. The second kappa shape index (κ2) is 5.40. The van der Waals surface area contributed by atoms with Crippen molar-refractivity contribution in [2.45, 2.75) is 19.4 Å². The van der Waals surface area contributed by atoms with Crippen LogP contribution in [0, 0.1) is 5.92 Å². The van der Waals surface area contributed by atoms with Crippen molar-refractivity contribution < 1.29 is 14.6 Å². The van der Waals surface area contributed by atoms with Gasteiger partial charge in [-0.3, -0.25) is 4.79 Å². The van der Waals surface area contributed by atoms with E-state index in [2.05, 4.69) is 0 Å². The van der Waals surface area contributed by atoms with Crippen LogP contribution in [0.4, 0.5) is 0 Å². The van der Waals surface area contributed by atoms with Crippen LogP contribution < -0.4 is 4.74 Å². The topological polar surface area (TPSA) is 49.8 Å². The quantitative estimate of drug-likeness (QED) is 0.881. The molecule has 0 spiro atoms. The van der Waals surface area contributed by atoms with Crippen molar-refractivity contribution in [2.24, 2.45) is 5.92 Å². The second-order valence-corrected chi connectivity index (χ2v) is 4.75. The fourth-order valence-electron chi connectivity index (χ4n) is 2.37. The van der Waals surface area contributed by atoms with Crippen LogP contribution in [0.2, 0.25) is 0 Å². The van der Waals surface area contributed by atoms with Gasteiger partial charge in [0.15, 0.2) is 0 Å². The molecule has 1 heterocycles. The zero-order valence-electron chi connectivity index (χ0n) is 10.8. The van der Waals surface area contributed by atoms with E-state index in [1.54, 1.807) is 7.11 Å². The highest BCUT2D eigenvalue weighted by atomic mass is 16.5. The Labute approximate surface area is 107 Å². The van der Waals surface area contributed by atoms with E-state index in [9.17, 15) is 4.79 Å². The lowest BCUT2D eigenvalue weighted by molar-refractivity contribution is -0.129. The van der Waals surface area contributed by atoms with Crippen molar-refractivity contribution in [1.29, 1.82) is 0 Å². The minimum Gasteiger partial charge on any atom is -0.497 e. The maximum Gasteiger partial charge on any atom is 0.223 e. The van der Waals surface area contributed by atoms with Crippen LogP contribution in [0.15, 0.2) is 24.3 Å². The summed E-state index contributed by atoms with van der Waals surface area (Å²) in [6.07, 6.45) is 0.455. The third-order valence-electron chi connectivity index (χ3n) is 3.56. The van der Waals surface area contributed by atoms with E-state index in [0.29, 0.717) is 13.0 Å². The van der Waals surface area contributed by atoms with Crippen molar-refractivity contribution in [2.75, 3.05) is 20.3 Å². The predicted molar refractivity (Wildman–Crippen MR) is 68.3 cm³/mol. The molecule has 1 saturated heterocycles. The summed E-state index contributed by atoms with van der Waals surface area (Å²) in [6.45, 7) is 2.74. The summed E-state index contributed by atoms with van der Waals surface area (Å²) in [5.41, 5.74) is 1.09. The first-order valence-corrected chi connectivity index (χ1v) is 6.20. The smallest absolute Gasteiger partial charge is 0.223 e. The van der Waals surface area contributed by atoms with Gasteiger partial charge in [-0.25, -0.2) is 0 Å². The van der Waals surface area contributed by atoms with Crippen molar-refractivity contribution in [1.82, 2.24) is 4.90 Å². The average molecular weight is 249 g/mol. The second-order valence-electron chi connectivity index (χ2n) is 4.75. The molecular weight excluding hydrogens is 230 g/mol. The zero-order chi connectivity index (χ0) is 13.1. The molecule has 4 nitrogen and oxygen atoms in total. The van der Waals surface area contributed by atoms with E-state index < -0.39 is 0 Å². The molecule has 0 aliphatic carbocycles. The largest absolute Gasteiger partial charge is 0.497 e. The molecule has 1 aliphatic rings. The lowest BCUT2D eigenvalue weighted by Crippen LogP contribution is -2.28. The summed E-state index contributed by atoms with van der Waals surface area (Å²) >= 11 is 0. The molecule has 2 unspecified atom stereocenters. The van der Waals surface area contributed by atoms with Gasteiger partial charge < -0.3 is 14.7 Å². The number of benzene rings is 1. The highest BCUT2D eigenvalue weighted by Gasteiger charge is 2.32. The first-order chi connectivity index (χ1) is 8.65. The van der Waals surface area contributed by atoms with Crippen molar-refractivity contribution in [3.05, 3.63) is 29.8 Å². The molecule has 18 heavy (non-hydrogen) atoms. The predicted octanol–water partition coefficient (Wildman–Crippen LogP) is 1.60. The van der Waals surface area contributed by atoms with Gasteiger partial charge in [0.05, 0.1) is 13.2 Å². The molecule has 0 bridgehead atoms. The first kappa shape index (κ1) is 12.9. The molecule has 1 amide bonds. The van der Waals surface area contributed by atoms with Gasteiger partial charge in [-0.2, -0.15) is 0 Å². The molecule has 0 aromatic heterocycles. The Balaban J connectivity index is 2.10. The number of aliphatic hydroxyl groups is 1. The standard InChI is InChI=1S/C14H19NO3/c1-10(12-3-5-13(18-2)6-4-12)15-8-11(9-16)7-14(15)17/h3-6,10-11,16H,7-9H2,1-2H3. The van der Waals surface area contributed by atoms with Gasteiger partial charge in [0.25, 0.3) is 0 Å². The fourth-order valence-corrected chi connectivity index (χ4v) is 2.37. The van der Waals surface area contributed by atoms with Crippen LogP contribution in [0.25, 0.3) is 0 Å². The van der Waals surface area contributed by atoms with Crippen molar-refractivity contribution in [3.8, 4) is 5.75 Å². The zero-order valence-corrected chi connectivity index (χ0v) is 10.8. The minimum atomic E-state index is 0.0416. The molecule has 1 N–H and O–H groups in total. The van der Waals surface area contributed by atoms with E-state index >= 15 is 0 Å². The van der Waals surface area contributed by atoms with Crippen LogP contribution in [-0.4, -0.2) is 36.2 Å². The highest BCUT2D eigenvalue weighted by molar-refractivity contribution is 5.79. The lowest BCUT2D eigenvalue weighted by Gasteiger charge is -2.25. The Hall–Kier alpha value is -1.55. The third-order valence-corrected chi connectivity index (χ3v) is 3.56. The van der Waals surface area contributed by atoms with Gasteiger partial charge >= 0.3 is 0 Å². The number of carbonyl (C=O) groups excluding carboxylic acids is 1. The summed E-state index contributed by atoms with van der Waals surface area (Å²) in [5, 5.41) is 9.13. The van der Waals surface area contributed by atoms with E-state index in [1.165, 1.54) is 0 Å². The molecule has 1 aromatic rings. The number of rotatable bonds is 4. The van der Waals surface area contributed by atoms with E-state index in [0.717, 1.165) is 11.3 Å². The maximum atomic E-state index is 11.9. The molecule has 0 saturated carbocycles. The molecule has 1 aromatic carbocycles. The SMILES string of the molecule is COc1ccc(C(C)N2CC(CO)CC2=O)cc1. The van der Waals surface area contributed by atoms with E-state index in [-0.39, 0.29) is 24.5 Å². The van der Waals surface area contributed by atoms with Gasteiger partial charge in [0.2, 0.25) is 5.91 Å². The summed E-state index contributed by atoms with van der Waals surface area (Å²) in [6, 6.07) is 7.79. The van der Waals surface area contributed by atoms with Gasteiger partial charge in [-0.05, 0) is 24.6 Å². The number of nitrogens with zero attached hydrogens (tertiary/aromatic N) is 1. The number of hydrogen-bond donors (Lipinski definition) is 1. The summed E-state index contributed by atoms with van der Waals surface area (Å²) in [5.74, 6) is 1.02. The van der Waals surface area contributed by atoms with Crippen LogP contribution in [0.1, 0.15) is 24.9 Å². The number of methoxy groups -OCH3 is 1. The van der Waals surface area contributed by atoms with Crippen LogP contribution in [0.5, 0.6) is 5.75 Å². The number of carbonyl (C=O) groups is 1.